The minimum absolute atomic E-state index is 0.494. The minimum Gasteiger partial charge on any atom is -0.455 e. The van der Waals surface area contributed by atoms with Gasteiger partial charge in [0.1, 0.15) is 11.2 Å². The molecule has 10 aromatic rings. The van der Waals surface area contributed by atoms with Crippen LogP contribution in [0.15, 0.2) is 186 Å². The number of rotatable bonds is 3. The summed E-state index contributed by atoms with van der Waals surface area (Å²) in [6, 6.07) is 67.2. The molecule has 13 rings (SSSR count). The van der Waals surface area contributed by atoms with Crippen LogP contribution in [0, 0.1) is 0 Å². The van der Waals surface area contributed by atoms with Crippen molar-refractivity contribution in [1.29, 1.82) is 0 Å². The molecule has 8 aromatic carbocycles. The van der Waals surface area contributed by atoms with E-state index in [4.69, 9.17) is 4.42 Å². The molecular weight excluding hydrogens is 691 g/mol. The molecule has 3 aliphatic carbocycles. The van der Waals surface area contributed by atoms with Crippen molar-refractivity contribution >= 4 is 44.5 Å². The average molecular weight is 726 g/mol. The van der Waals surface area contributed by atoms with E-state index in [0.717, 1.165) is 45.9 Å². The largest absolute Gasteiger partial charge is 0.455 e. The first-order chi connectivity index (χ1) is 28.3. The summed E-state index contributed by atoms with van der Waals surface area (Å²) >= 11 is 0. The topological polar surface area (TPSA) is 18.1 Å². The van der Waals surface area contributed by atoms with Crippen molar-refractivity contribution in [2.75, 3.05) is 0 Å². The van der Waals surface area contributed by atoms with E-state index < -0.39 is 5.41 Å². The highest BCUT2D eigenvalue weighted by Crippen LogP contribution is 2.64. The number of allylic oxidation sites excluding steroid dienone is 1. The van der Waals surface area contributed by atoms with Crippen LogP contribution in [-0.4, -0.2) is 4.57 Å². The van der Waals surface area contributed by atoms with Crippen LogP contribution in [0.3, 0.4) is 0 Å². The van der Waals surface area contributed by atoms with E-state index in [1.54, 1.807) is 0 Å². The lowest BCUT2D eigenvalue weighted by Crippen LogP contribution is -2.26. The highest BCUT2D eigenvalue weighted by molar-refractivity contribution is 6.12. The van der Waals surface area contributed by atoms with Gasteiger partial charge >= 0.3 is 0 Å². The van der Waals surface area contributed by atoms with Crippen molar-refractivity contribution in [2.24, 2.45) is 0 Å². The standard InChI is InChI=1S/C55H35NO/c1-3-15-34(16-4-1)36-29-30-50-43(31-36)39-20-9-12-27-49(39)56(50)51-28-14-26-47-53(51)41-21-8-11-25-46(41)55(47)45-24-10-7-19-38(45)42-33-52-44(32-48(42)55)40-23-13-22-37(54(40)57-52)35-17-5-2-6-18-35/h1-28,31-33H,29-30H2. The van der Waals surface area contributed by atoms with Gasteiger partial charge in [-0.1, -0.05) is 158 Å². The van der Waals surface area contributed by atoms with Gasteiger partial charge in [-0.05, 0) is 98.8 Å². The fourth-order valence-electron chi connectivity index (χ4n) is 10.9. The van der Waals surface area contributed by atoms with Gasteiger partial charge in [-0.15, -0.1) is 0 Å². The fraction of sp³-hybridized carbons (Fsp3) is 0.0545. The van der Waals surface area contributed by atoms with Gasteiger partial charge in [0.2, 0.25) is 0 Å². The highest BCUT2D eigenvalue weighted by atomic mass is 16.3. The number of furan rings is 1. The Bertz CT molecular complexity index is 3340. The van der Waals surface area contributed by atoms with E-state index in [1.807, 2.05) is 0 Å². The van der Waals surface area contributed by atoms with Gasteiger partial charge in [0.15, 0.2) is 0 Å². The van der Waals surface area contributed by atoms with E-state index in [2.05, 4.69) is 193 Å². The number of benzene rings is 8. The molecule has 2 heteroatoms. The van der Waals surface area contributed by atoms with E-state index in [-0.39, 0.29) is 0 Å². The summed E-state index contributed by atoms with van der Waals surface area (Å²) in [7, 11) is 0. The zero-order valence-corrected chi connectivity index (χ0v) is 31.2. The molecule has 3 aliphatic rings. The van der Waals surface area contributed by atoms with E-state index >= 15 is 0 Å². The quantitative estimate of drug-likeness (QED) is 0.177. The van der Waals surface area contributed by atoms with Crippen molar-refractivity contribution in [3.63, 3.8) is 0 Å². The van der Waals surface area contributed by atoms with Gasteiger partial charge in [0.25, 0.3) is 0 Å². The molecule has 0 fully saturated rings. The van der Waals surface area contributed by atoms with Crippen molar-refractivity contribution < 1.29 is 4.42 Å². The van der Waals surface area contributed by atoms with Gasteiger partial charge in [0.05, 0.1) is 16.6 Å². The van der Waals surface area contributed by atoms with Gasteiger partial charge in [-0.3, -0.25) is 0 Å². The van der Waals surface area contributed by atoms with Crippen molar-refractivity contribution in [3.05, 3.63) is 221 Å². The SMILES string of the molecule is C1=C(c2ccccc2)CCc2c1c1ccccc1n2-c1cccc2c1-c1ccccc1C21c2ccccc2-c2cc3oc4c(-c5ccccc5)cccc4c3cc21. The molecule has 0 radical (unpaired) electrons. The molecule has 2 aromatic heterocycles. The summed E-state index contributed by atoms with van der Waals surface area (Å²) in [5.74, 6) is 0. The normalized spacial score (nSPS) is 16.1. The van der Waals surface area contributed by atoms with Crippen LogP contribution in [-0.2, 0) is 11.8 Å². The molecular formula is C55H35NO. The second-order valence-electron chi connectivity index (χ2n) is 15.8. The summed E-state index contributed by atoms with van der Waals surface area (Å²) in [6.45, 7) is 0. The van der Waals surface area contributed by atoms with Crippen molar-refractivity contribution in [1.82, 2.24) is 4.57 Å². The van der Waals surface area contributed by atoms with Crippen LogP contribution >= 0.6 is 0 Å². The Morgan fingerprint density at radius 1 is 0.456 bits per heavy atom. The number of fused-ring (bicyclic) bond motifs is 16. The number of nitrogens with zero attached hydrogens (tertiary/aromatic N) is 1. The zero-order chi connectivity index (χ0) is 37.2. The maximum absolute atomic E-state index is 6.86. The summed E-state index contributed by atoms with van der Waals surface area (Å²) in [5.41, 5.74) is 22.1. The smallest absolute Gasteiger partial charge is 0.143 e. The Morgan fingerprint density at radius 3 is 1.95 bits per heavy atom. The van der Waals surface area contributed by atoms with Gasteiger partial charge < -0.3 is 8.98 Å². The van der Waals surface area contributed by atoms with Crippen LogP contribution in [0.4, 0.5) is 0 Å². The molecule has 1 atom stereocenters. The van der Waals surface area contributed by atoms with E-state index in [0.29, 0.717) is 0 Å². The Morgan fingerprint density at radius 2 is 1.11 bits per heavy atom. The lowest BCUT2D eigenvalue weighted by atomic mass is 9.70. The lowest BCUT2D eigenvalue weighted by Gasteiger charge is -2.30. The van der Waals surface area contributed by atoms with Crippen LogP contribution in [0.2, 0.25) is 0 Å². The molecule has 0 saturated carbocycles. The molecule has 2 nitrogen and oxygen atoms in total. The molecule has 0 amide bonds. The first-order valence-corrected chi connectivity index (χ1v) is 20.1. The van der Waals surface area contributed by atoms with Crippen LogP contribution < -0.4 is 0 Å². The Balaban J connectivity index is 1.10. The predicted octanol–water partition coefficient (Wildman–Crippen LogP) is 14.0. The summed E-state index contributed by atoms with van der Waals surface area (Å²) in [6.07, 6.45) is 4.44. The summed E-state index contributed by atoms with van der Waals surface area (Å²) < 4.78 is 9.45. The average Bonchev–Trinajstić information content (AvgIpc) is 3.99. The number of hydrogen-bond donors (Lipinski definition) is 0. The molecule has 0 N–H and O–H groups in total. The molecule has 266 valence electrons. The molecule has 0 saturated heterocycles. The molecule has 2 heterocycles. The molecule has 0 aliphatic heterocycles. The first kappa shape index (κ1) is 31.1. The van der Waals surface area contributed by atoms with E-state index in [9.17, 15) is 0 Å². The van der Waals surface area contributed by atoms with Gasteiger partial charge in [-0.25, -0.2) is 0 Å². The van der Waals surface area contributed by atoms with Crippen LogP contribution in [0.5, 0.6) is 0 Å². The second-order valence-corrected chi connectivity index (χ2v) is 15.8. The third-order valence-electron chi connectivity index (χ3n) is 13.1. The molecule has 0 bridgehead atoms. The zero-order valence-electron chi connectivity index (χ0n) is 31.2. The molecule has 57 heavy (non-hydrogen) atoms. The summed E-state index contributed by atoms with van der Waals surface area (Å²) in [4.78, 5) is 0. The maximum atomic E-state index is 6.86. The lowest BCUT2D eigenvalue weighted by molar-refractivity contribution is 0.670. The minimum atomic E-state index is -0.494. The summed E-state index contributed by atoms with van der Waals surface area (Å²) in [5, 5.41) is 3.61. The highest BCUT2D eigenvalue weighted by Gasteiger charge is 2.52. The molecule has 1 unspecified atom stereocenters. The Kier molecular flexibility index (Phi) is 6.24. The fourth-order valence-corrected chi connectivity index (χ4v) is 10.9. The maximum Gasteiger partial charge on any atom is 0.143 e. The Labute approximate surface area is 330 Å². The monoisotopic (exact) mass is 725 g/mol. The Hall–Kier alpha value is -7.16. The van der Waals surface area contributed by atoms with Crippen LogP contribution in [0.1, 0.15) is 45.5 Å². The third-order valence-corrected chi connectivity index (χ3v) is 13.1. The van der Waals surface area contributed by atoms with Crippen LogP contribution in [0.25, 0.3) is 83.6 Å². The number of hydrogen-bond acceptors (Lipinski definition) is 1. The van der Waals surface area contributed by atoms with Crippen molar-refractivity contribution in [3.8, 4) is 39.1 Å². The van der Waals surface area contributed by atoms with Gasteiger partial charge in [-0.2, -0.15) is 0 Å². The number of aromatic nitrogens is 1. The van der Waals surface area contributed by atoms with Crippen molar-refractivity contribution in [2.45, 2.75) is 18.3 Å². The first-order valence-electron chi connectivity index (χ1n) is 20.1. The number of para-hydroxylation sites is 2. The molecule has 1 spiro atoms. The van der Waals surface area contributed by atoms with E-state index in [1.165, 1.54) is 83.5 Å². The predicted molar refractivity (Wildman–Crippen MR) is 235 cm³/mol. The second kappa shape index (κ2) is 11.4. The van der Waals surface area contributed by atoms with Gasteiger partial charge in [0, 0.05) is 38.5 Å². The third kappa shape index (κ3) is 4.04.